The molecule has 2 aromatic carbocycles. The Morgan fingerprint density at radius 1 is 1.08 bits per heavy atom. The van der Waals surface area contributed by atoms with Gasteiger partial charge in [0.25, 0.3) is 5.56 Å². The molecule has 4 aromatic rings. The van der Waals surface area contributed by atoms with Crippen LogP contribution in [0.1, 0.15) is 39.5 Å². The first-order valence-corrected chi connectivity index (χ1v) is 15.1. The molecule has 12 heteroatoms. The van der Waals surface area contributed by atoms with Gasteiger partial charge in [-0.15, -0.1) is 10.2 Å². The number of para-hydroxylation sites is 1. The lowest BCUT2D eigenvalue weighted by atomic mass is 10.2. The molecule has 0 spiro atoms. The Morgan fingerprint density at radius 3 is 2.61 bits per heavy atom. The summed E-state index contributed by atoms with van der Waals surface area (Å²) in [5.74, 6) is 0.131. The number of benzene rings is 2. The molecule has 3 heterocycles. The molecule has 1 amide bonds. The van der Waals surface area contributed by atoms with E-state index in [4.69, 9.17) is 0 Å². The van der Waals surface area contributed by atoms with Crippen LogP contribution in [0.4, 0.5) is 5.69 Å². The Balaban J connectivity index is 1.39. The van der Waals surface area contributed by atoms with E-state index in [9.17, 15) is 18.0 Å². The Kier molecular flexibility index (Phi) is 7.55. The number of fused-ring (bicyclic) bond motifs is 3. The van der Waals surface area contributed by atoms with Gasteiger partial charge in [0, 0.05) is 25.3 Å². The fraction of sp³-hybridized carbons (Fsp3) is 0.385. The van der Waals surface area contributed by atoms with Crippen molar-refractivity contribution in [1.82, 2.24) is 23.5 Å². The first kappa shape index (κ1) is 26.4. The van der Waals surface area contributed by atoms with Crippen molar-refractivity contribution in [3.8, 4) is 0 Å². The van der Waals surface area contributed by atoms with E-state index in [-0.39, 0.29) is 16.4 Å². The molecule has 0 bridgehead atoms. The molecule has 1 saturated heterocycles. The number of carbonyl (C=O) groups is 1. The molecule has 1 fully saturated rings. The van der Waals surface area contributed by atoms with Gasteiger partial charge in [0.05, 0.1) is 21.0 Å². The molecule has 1 aliphatic heterocycles. The van der Waals surface area contributed by atoms with Gasteiger partial charge >= 0.3 is 0 Å². The Labute approximate surface area is 225 Å². The topological polar surface area (TPSA) is 119 Å². The van der Waals surface area contributed by atoms with Crippen molar-refractivity contribution in [3.05, 3.63) is 58.9 Å². The maximum absolute atomic E-state index is 13.1. The molecule has 200 valence electrons. The fourth-order valence-electron chi connectivity index (χ4n) is 4.68. The normalized spacial score (nSPS) is 15.6. The lowest BCUT2D eigenvalue weighted by Gasteiger charge is -2.26. The number of carbonyl (C=O) groups excluding carboxylic acids is 1. The first-order valence-electron chi connectivity index (χ1n) is 12.8. The lowest BCUT2D eigenvalue weighted by molar-refractivity contribution is -0.115. The summed E-state index contributed by atoms with van der Waals surface area (Å²) in [6, 6.07) is 13.7. The molecular formula is C26H30N6O4S2. The molecule has 0 radical (unpaired) electrons. The number of hydrogen-bond donors (Lipinski definition) is 1. The minimum atomic E-state index is -3.61. The van der Waals surface area contributed by atoms with E-state index in [0.717, 1.165) is 25.7 Å². The zero-order valence-corrected chi connectivity index (χ0v) is 23.0. The first-order chi connectivity index (χ1) is 18.3. The third kappa shape index (κ3) is 4.95. The Bertz CT molecular complexity index is 1660. The van der Waals surface area contributed by atoms with Gasteiger partial charge in [-0.3, -0.25) is 18.6 Å². The van der Waals surface area contributed by atoms with Crippen LogP contribution in [0.3, 0.4) is 0 Å². The van der Waals surface area contributed by atoms with Crippen LogP contribution in [0.15, 0.2) is 63.4 Å². The number of rotatable bonds is 8. The van der Waals surface area contributed by atoms with Crippen LogP contribution in [0.5, 0.6) is 0 Å². The van der Waals surface area contributed by atoms with Crippen molar-refractivity contribution < 1.29 is 13.2 Å². The molecule has 10 nitrogen and oxygen atoms in total. The lowest BCUT2D eigenvalue weighted by Crippen LogP contribution is -2.35. The number of anilines is 1. The minimum Gasteiger partial charge on any atom is -0.325 e. The summed E-state index contributed by atoms with van der Waals surface area (Å²) in [4.78, 5) is 26.3. The second-order valence-electron chi connectivity index (χ2n) is 9.33. The molecule has 0 unspecified atom stereocenters. The van der Waals surface area contributed by atoms with Crippen molar-refractivity contribution in [2.45, 2.75) is 61.4 Å². The molecule has 5 rings (SSSR count). The summed E-state index contributed by atoms with van der Waals surface area (Å²) in [5, 5.41) is 11.9. The maximum atomic E-state index is 13.1. The van der Waals surface area contributed by atoms with Crippen LogP contribution in [0.25, 0.3) is 16.7 Å². The van der Waals surface area contributed by atoms with E-state index in [2.05, 4.69) is 15.5 Å². The van der Waals surface area contributed by atoms with Crippen molar-refractivity contribution >= 4 is 50.1 Å². The molecule has 0 saturated carbocycles. The number of amides is 1. The molecule has 1 N–H and O–H groups in total. The summed E-state index contributed by atoms with van der Waals surface area (Å²) in [5.41, 5.74) is 0.966. The third-order valence-electron chi connectivity index (χ3n) is 6.63. The van der Waals surface area contributed by atoms with Gasteiger partial charge in [-0.25, -0.2) is 8.42 Å². The van der Waals surface area contributed by atoms with Crippen LogP contribution in [0.2, 0.25) is 0 Å². The molecule has 1 aliphatic rings. The number of nitrogens with zero attached hydrogens (tertiary/aromatic N) is 5. The van der Waals surface area contributed by atoms with E-state index in [1.165, 1.54) is 22.1 Å². The van der Waals surface area contributed by atoms with Gasteiger partial charge < -0.3 is 5.32 Å². The number of aryl methyl sites for hydroxylation is 1. The molecule has 0 aliphatic carbocycles. The van der Waals surface area contributed by atoms with Crippen molar-refractivity contribution in [1.29, 1.82) is 0 Å². The van der Waals surface area contributed by atoms with Gasteiger partial charge in [0.1, 0.15) is 0 Å². The van der Waals surface area contributed by atoms with E-state index in [0.29, 0.717) is 47.2 Å². The minimum absolute atomic E-state index is 0.121. The molecular weight excluding hydrogens is 524 g/mol. The summed E-state index contributed by atoms with van der Waals surface area (Å²) in [6.45, 7) is 5.27. The van der Waals surface area contributed by atoms with Gasteiger partial charge in [0.15, 0.2) is 5.16 Å². The highest BCUT2D eigenvalue weighted by molar-refractivity contribution is 8.00. The number of thioether (sulfide) groups is 1. The Morgan fingerprint density at radius 2 is 1.84 bits per heavy atom. The second-order valence-corrected chi connectivity index (χ2v) is 12.6. The van der Waals surface area contributed by atoms with Crippen LogP contribution in [-0.4, -0.2) is 56.1 Å². The smallest absolute Gasteiger partial charge is 0.262 e. The van der Waals surface area contributed by atoms with E-state index in [1.54, 1.807) is 35.8 Å². The predicted molar refractivity (Wildman–Crippen MR) is 148 cm³/mol. The fourth-order valence-corrected chi connectivity index (χ4v) is 7.10. The zero-order valence-electron chi connectivity index (χ0n) is 21.3. The van der Waals surface area contributed by atoms with Crippen molar-refractivity contribution in [3.63, 3.8) is 0 Å². The van der Waals surface area contributed by atoms with Crippen LogP contribution in [-0.2, 0) is 21.4 Å². The van der Waals surface area contributed by atoms with Gasteiger partial charge in [0.2, 0.25) is 21.7 Å². The number of piperidine rings is 1. The standard InChI is InChI=1S/C26H30N6O4S2/c1-3-14-31-24(34)21-12-5-6-13-22(21)32-25(31)28-29-26(32)37-18(2)23(33)27-19-10-9-11-20(17-19)38(35,36)30-15-7-4-8-16-30/h5-6,9-13,17-18H,3-4,7-8,14-16H2,1-2H3,(H,27,33)/t18-/m1/s1. The predicted octanol–water partition coefficient (Wildman–Crippen LogP) is 3.75. The second kappa shape index (κ2) is 10.9. The molecule has 1 atom stereocenters. The number of nitrogens with one attached hydrogen (secondary N) is 1. The summed E-state index contributed by atoms with van der Waals surface area (Å²) >= 11 is 1.22. The van der Waals surface area contributed by atoms with Gasteiger partial charge in [-0.05, 0) is 56.5 Å². The van der Waals surface area contributed by atoms with Crippen molar-refractivity contribution in [2.24, 2.45) is 0 Å². The summed E-state index contributed by atoms with van der Waals surface area (Å²) < 4.78 is 31.1. The highest BCUT2D eigenvalue weighted by atomic mass is 32.2. The van der Waals surface area contributed by atoms with Crippen LogP contribution in [0, 0.1) is 0 Å². The van der Waals surface area contributed by atoms with Crippen LogP contribution < -0.4 is 10.9 Å². The monoisotopic (exact) mass is 554 g/mol. The quantitative estimate of drug-likeness (QED) is 0.330. The average Bonchev–Trinajstić information content (AvgIpc) is 3.35. The van der Waals surface area contributed by atoms with E-state index in [1.807, 2.05) is 29.5 Å². The van der Waals surface area contributed by atoms with Gasteiger partial charge in [-0.2, -0.15) is 4.31 Å². The third-order valence-corrected chi connectivity index (χ3v) is 9.57. The SMILES string of the molecule is CCCn1c(=O)c2ccccc2n2c(S[C@H](C)C(=O)Nc3cccc(S(=O)(=O)N4CCCCC4)c3)nnc12. The van der Waals surface area contributed by atoms with Crippen LogP contribution >= 0.6 is 11.8 Å². The van der Waals surface area contributed by atoms with Gasteiger partial charge in [-0.1, -0.05) is 43.3 Å². The highest BCUT2D eigenvalue weighted by Gasteiger charge is 2.27. The van der Waals surface area contributed by atoms with Crippen molar-refractivity contribution in [2.75, 3.05) is 18.4 Å². The molecule has 38 heavy (non-hydrogen) atoms. The largest absolute Gasteiger partial charge is 0.325 e. The number of aromatic nitrogens is 4. The maximum Gasteiger partial charge on any atom is 0.262 e. The number of sulfonamides is 1. The number of hydrogen-bond acceptors (Lipinski definition) is 7. The summed E-state index contributed by atoms with van der Waals surface area (Å²) in [7, 11) is -3.61. The zero-order chi connectivity index (χ0) is 26.9. The Hall–Kier alpha value is -3.22. The van der Waals surface area contributed by atoms with E-state index < -0.39 is 15.3 Å². The average molecular weight is 555 g/mol. The highest BCUT2D eigenvalue weighted by Crippen LogP contribution is 2.27. The summed E-state index contributed by atoms with van der Waals surface area (Å²) in [6.07, 6.45) is 3.50. The van der Waals surface area contributed by atoms with E-state index >= 15 is 0 Å². The molecule has 2 aromatic heterocycles.